The zero-order chi connectivity index (χ0) is 8.27. The van der Waals surface area contributed by atoms with E-state index < -0.39 is 0 Å². The normalized spacial score (nSPS) is 9.64. The van der Waals surface area contributed by atoms with Gasteiger partial charge in [0.25, 0.3) is 0 Å². The molecule has 0 aromatic carbocycles. The molecule has 1 N–H and O–H groups in total. The van der Waals surface area contributed by atoms with Crippen molar-refractivity contribution in [2.75, 3.05) is 13.6 Å². The summed E-state index contributed by atoms with van der Waals surface area (Å²) in [6.45, 7) is 2.90. The zero-order valence-electron chi connectivity index (χ0n) is 6.53. The number of nitrogens with zero attached hydrogens (tertiary/aromatic N) is 3. The largest absolute Gasteiger partial charge is 0.363 e. The Hall–Kier alpha value is -0.970. The smallest absolute Gasteiger partial charge is 0.183 e. The summed E-state index contributed by atoms with van der Waals surface area (Å²) in [5.74, 6) is 0.657. The van der Waals surface area contributed by atoms with E-state index in [9.17, 15) is 0 Å². The van der Waals surface area contributed by atoms with Crippen molar-refractivity contribution >= 4 is 17.2 Å². The van der Waals surface area contributed by atoms with Crippen molar-refractivity contribution in [3.8, 4) is 0 Å². The van der Waals surface area contributed by atoms with Crippen LogP contribution in [-0.4, -0.2) is 38.7 Å². The number of H-pyrrole nitrogens is 1. The predicted molar refractivity (Wildman–Crippen MR) is 46.4 cm³/mol. The van der Waals surface area contributed by atoms with Gasteiger partial charge in [-0.1, -0.05) is 12.2 Å². The van der Waals surface area contributed by atoms with Gasteiger partial charge in [-0.05, 0) is 6.92 Å². The van der Waals surface area contributed by atoms with Gasteiger partial charge in [-0.25, -0.2) is 4.98 Å². The molecule has 4 nitrogen and oxygen atoms in total. The van der Waals surface area contributed by atoms with E-state index in [2.05, 4.69) is 15.2 Å². The standard InChI is InChI=1S/C6H10N4S/c1-3-10(2)6(11)5-7-4-8-9-5/h4H,3H2,1-2H3,(H,7,8,9). The first-order valence-electron chi connectivity index (χ1n) is 3.36. The number of hydrogen-bond acceptors (Lipinski definition) is 3. The summed E-state index contributed by atoms with van der Waals surface area (Å²) in [6.07, 6.45) is 1.45. The molecule has 0 aliphatic carbocycles. The van der Waals surface area contributed by atoms with E-state index in [0.29, 0.717) is 10.8 Å². The van der Waals surface area contributed by atoms with Crippen LogP contribution in [0.5, 0.6) is 0 Å². The molecular formula is C6H10N4S. The van der Waals surface area contributed by atoms with E-state index in [0.717, 1.165) is 6.54 Å². The molecule has 0 aliphatic rings. The van der Waals surface area contributed by atoms with E-state index in [1.165, 1.54) is 6.33 Å². The summed E-state index contributed by atoms with van der Waals surface area (Å²) in [6, 6.07) is 0. The quantitative estimate of drug-likeness (QED) is 0.654. The molecule has 0 radical (unpaired) electrons. The van der Waals surface area contributed by atoms with Gasteiger partial charge in [0.15, 0.2) is 5.82 Å². The van der Waals surface area contributed by atoms with Gasteiger partial charge in [0.05, 0.1) is 0 Å². The Morgan fingerprint density at radius 1 is 1.82 bits per heavy atom. The lowest BCUT2D eigenvalue weighted by atomic mass is 10.5. The number of aromatic nitrogens is 3. The fourth-order valence-corrected chi connectivity index (χ4v) is 0.860. The number of hydrogen-bond donors (Lipinski definition) is 1. The summed E-state index contributed by atoms with van der Waals surface area (Å²) >= 11 is 5.09. The Morgan fingerprint density at radius 3 is 3.00 bits per heavy atom. The van der Waals surface area contributed by atoms with Crippen LogP contribution < -0.4 is 0 Å². The topological polar surface area (TPSA) is 44.8 Å². The van der Waals surface area contributed by atoms with Gasteiger partial charge in [0.1, 0.15) is 11.3 Å². The van der Waals surface area contributed by atoms with E-state index in [1.54, 1.807) is 0 Å². The van der Waals surface area contributed by atoms with Crippen LogP contribution in [0.1, 0.15) is 12.7 Å². The minimum Gasteiger partial charge on any atom is -0.363 e. The van der Waals surface area contributed by atoms with Gasteiger partial charge < -0.3 is 4.90 Å². The van der Waals surface area contributed by atoms with Gasteiger partial charge in [-0.2, -0.15) is 5.10 Å². The van der Waals surface area contributed by atoms with Crippen molar-refractivity contribution in [3.63, 3.8) is 0 Å². The maximum Gasteiger partial charge on any atom is 0.183 e. The minimum atomic E-state index is 0.657. The van der Waals surface area contributed by atoms with Crippen LogP contribution in [0.2, 0.25) is 0 Å². The average Bonchev–Trinajstić information content (AvgIpc) is 2.53. The lowest BCUT2D eigenvalue weighted by Crippen LogP contribution is -2.26. The number of nitrogens with one attached hydrogen (secondary N) is 1. The Bertz CT molecular complexity index is 231. The lowest BCUT2D eigenvalue weighted by Gasteiger charge is -2.14. The third kappa shape index (κ3) is 1.74. The van der Waals surface area contributed by atoms with Crippen LogP contribution in [0, 0.1) is 0 Å². The highest BCUT2D eigenvalue weighted by Gasteiger charge is 2.06. The molecule has 0 aliphatic heterocycles. The molecule has 0 saturated heterocycles. The van der Waals surface area contributed by atoms with Crippen LogP contribution in [0.25, 0.3) is 0 Å². The monoisotopic (exact) mass is 170 g/mol. The van der Waals surface area contributed by atoms with Crippen LogP contribution >= 0.6 is 12.2 Å². The second-order valence-corrected chi connectivity index (χ2v) is 2.54. The Kier molecular flexibility index (Phi) is 2.53. The van der Waals surface area contributed by atoms with Crippen molar-refractivity contribution in [2.45, 2.75) is 6.92 Å². The molecule has 0 bridgehead atoms. The third-order valence-corrected chi connectivity index (χ3v) is 1.94. The van der Waals surface area contributed by atoms with Crippen molar-refractivity contribution in [1.82, 2.24) is 20.1 Å². The highest BCUT2D eigenvalue weighted by molar-refractivity contribution is 7.80. The van der Waals surface area contributed by atoms with Crippen LogP contribution in [0.3, 0.4) is 0 Å². The molecule has 1 rings (SSSR count). The van der Waals surface area contributed by atoms with Crippen LogP contribution in [0.15, 0.2) is 6.33 Å². The highest BCUT2D eigenvalue weighted by Crippen LogP contribution is 1.95. The Labute approximate surface area is 70.6 Å². The van der Waals surface area contributed by atoms with Crippen molar-refractivity contribution < 1.29 is 0 Å². The molecule has 0 atom stereocenters. The van der Waals surface area contributed by atoms with E-state index in [4.69, 9.17) is 12.2 Å². The van der Waals surface area contributed by atoms with E-state index in [1.807, 2.05) is 18.9 Å². The highest BCUT2D eigenvalue weighted by atomic mass is 32.1. The molecule has 1 aromatic rings. The molecule has 5 heteroatoms. The first-order valence-corrected chi connectivity index (χ1v) is 3.77. The fraction of sp³-hybridized carbons (Fsp3) is 0.500. The van der Waals surface area contributed by atoms with Gasteiger partial charge in [-0.3, -0.25) is 5.10 Å². The van der Waals surface area contributed by atoms with Crippen molar-refractivity contribution in [1.29, 1.82) is 0 Å². The summed E-state index contributed by atoms with van der Waals surface area (Å²) in [7, 11) is 1.92. The summed E-state index contributed by atoms with van der Waals surface area (Å²) in [5, 5.41) is 6.42. The summed E-state index contributed by atoms with van der Waals surface area (Å²) < 4.78 is 0. The maximum absolute atomic E-state index is 5.09. The fourth-order valence-electron chi connectivity index (χ4n) is 0.633. The van der Waals surface area contributed by atoms with E-state index >= 15 is 0 Å². The molecule has 0 amide bonds. The number of rotatable bonds is 2. The second-order valence-electron chi connectivity index (χ2n) is 2.15. The summed E-state index contributed by atoms with van der Waals surface area (Å²) in [4.78, 5) is 6.56. The Balaban J connectivity index is 2.70. The Morgan fingerprint density at radius 2 is 2.55 bits per heavy atom. The van der Waals surface area contributed by atoms with Crippen molar-refractivity contribution in [3.05, 3.63) is 12.2 Å². The molecule has 11 heavy (non-hydrogen) atoms. The molecule has 0 unspecified atom stereocenters. The minimum absolute atomic E-state index is 0.657. The molecule has 1 heterocycles. The maximum atomic E-state index is 5.09. The van der Waals surface area contributed by atoms with Gasteiger partial charge in [-0.15, -0.1) is 0 Å². The first-order chi connectivity index (χ1) is 5.25. The zero-order valence-corrected chi connectivity index (χ0v) is 7.35. The summed E-state index contributed by atoms with van der Waals surface area (Å²) in [5.41, 5.74) is 0. The molecular weight excluding hydrogens is 160 g/mol. The van der Waals surface area contributed by atoms with Gasteiger partial charge >= 0.3 is 0 Å². The van der Waals surface area contributed by atoms with Crippen LogP contribution in [0.4, 0.5) is 0 Å². The van der Waals surface area contributed by atoms with Crippen LogP contribution in [-0.2, 0) is 0 Å². The first kappa shape index (κ1) is 8.13. The van der Waals surface area contributed by atoms with E-state index in [-0.39, 0.29) is 0 Å². The molecule has 0 spiro atoms. The third-order valence-electron chi connectivity index (χ3n) is 1.44. The van der Waals surface area contributed by atoms with Gasteiger partial charge in [0, 0.05) is 13.6 Å². The number of thiocarbonyl (C=S) groups is 1. The predicted octanol–water partition coefficient (Wildman–Crippen LogP) is 0.432. The molecule has 0 saturated carbocycles. The SMILES string of the molecule is CCN(C)C(=S)c1ncn[nH]1. The molecule has 1 aromatic heterocycles. The second kappa shape index (κ2) is 3.43. The average molecular weight is 170 g/mol. The lowest BCUT2D eigenvalue weighted by molar-refractivity contribution is 0.543. The molecule has 60 valence electrons. The molecule has 0 fully saturated rings. The van der Waals surface area contributed by atoms with Crippen molar-refractivity contribution in [2.24, 2.45) is 0 Å². The number of aromatic amines is 1. The van der Waals surface area contributed by atoms with Gasteiger partial charge in [0.2, 0.25) is 0 Å².